The normalized spacial score (nSPS) is 11.6. The number of hydrogen-bond donors (Lipinski definition) is 0. The molecule has 14 heavy (non-hydrogen) atoms. The minimum atomic E-state index is 0.704. The monoisotopic (exact) mass is 199 g/mol. The van der Waals surface area contributed by atoms with Crippen LogP contribution in [0.2, 0.25) is 0 Å². The Morgan fingerprint density at radius 1 is 0.857 bits per heavy atom. The largest absolute Gasteiger partial charge is 0.304 e. The fourth-order valence-corrected chi connectivity index (χ4v) is 1.58. The maximum atomic E-state index is 2.44. The molecule has 86 valence electrons. The van der Waals surface area contributed by atoms with E-state index in [4.69, 9.17) is 0 Å². The Balaban J connectivity index is 3.06. The lowest BCUT2D eigenvalue weighted by molar-refractivity contribution is 0.267. The van der Waals surface area contributed by atoms with Gasteiger partial charge in [-0.1, -0.05) is 45.4 Å². The van der Waals surface area contributed by atoms with Crippen molar-refractivity contribution in [2.45, 2.75) is 71.8 Å². The molecule has 0 unspecified atom stereocenters. The van der Waals surface area contributed by atoms with Crippen LogP contribution in [0.5, 0.6) is 0 Å². The molecule has 0 rings (SSSR count). The van der Waals surface area contributed by atoms with Crippen LogP contribution >= 0.6 is 0 Å². The van der Waals surface area contributed by atoms with Crippen LogP contribution in [0, 0.1) is 0 Å². The molecule has 0 atom stereocenters. The van der Waals surface area contributed by atoms with Crippen LogP contribution in [0.4, 0.5) is 0 Å². The van der Waals surface area contributed by atoms with E-state index in [0.29, 0.717) is 6.04 Å². The molecule has 0 amide bonds. The minimum Gasteiger partial charge on any atom is -0.304 e. The van der Waals surface area contributed by atoms with Crippen LogP contribution in [0.3, 0.4) is 0 Å². The van der Waals surface area contributed by atoms with Crippen molar-refractivity contribution in [3.8, 4) is 0 Å². The molecule has 1 heteroatoms. The molecule has 0 aliphatic heterocycles. The second kappa shape index (κ2) is 9.51. The van der Waals surface area contributed by atoms with Gasteiger partial charge in [-0.3, -0.25) is 0 Å². The number of nitrogens with zero attached hydrogens (tertiary/aromatic N) is 1. The fourth-order valence-electron chi connectivity index (χ4n) is 1.58. The Hall–Kier alpha value is -0.0400. The zero-order valence-electron chi connectivity index (χ0n) is 10.7. The van der Waals surface area contributed by atoms with Gasteiger partial charge in [0.05, 0.1) is 0 Å². The number of rotatable bonds is 9. The summed E-state index contributed by atoms with van der Waals surface area (Å²) in [6.07, 6.45) is 9.89. The maximum absolute atomic E-state index is 2.44. The van der Waals surface area contributed by atoms with Crippen molar-refractivity contribution in [2.75, 3.05) is 13.6 Å². The van der Waals surface area contributed by atoms with Crippen LogP contribution < -0.4 is 0 Å². The van der Waals surface area contributed by atoms with Crippen molar-refractivity contribution < 1.29 is 0 Å². The lowest BCUT2D eigenvalue weighted by Gasteiger charge is -2.20. The van der Waals surface area contributed by atoms with Gasteiger partial charge in [-0.25, -0.2) is 0 Å². The average Bonchev–Trinajstić information content (AvgIpc) is 2.16. The molecule has 0 spiro atoms. The van der Waals surface area contributed by atoms with Crippen LogP contribution in [-0.2, 0) is 0 Å². The number of unbranched alkanes of at least 4 members (excludes halogenated alkanes) is 6. The van der Waals surface area contributed by atoms with Gasteiger partial charge in [0, 0.05) is 6.04 Å². The van der Waals surface area contributed by atoms with Crippen molar-refractivity contribution in [2.24, 2.45) is 0 Å². The zero-order valence-corrected chi connectivity index (χ0v) is 10.7. The lowest BCUT2D eigenvalue weighted by atomic mass is 10.1. The molecular weight excluding hydrogens is 170 g/mol. The summed E-state index contributed by atoms with van der Waals surface area (Å²) in [5, 5.41) is 0. The molecule has 0 fully saturated rings. The van der Waals surface area contributed by atoms with Gasteiger partial charge in [0.25, 0.3) is 0 Å². The summed E-state index contributed by atoms with van der Waals surface area (Å²) in [4.78, 5) is 2.44. The Labute approximate surface area is 90.9 Å². The predicted molar refractivity (Wildman–Crippen MR) is 65.8 cm³/mol. The molecule has 0 bridgehead atoms. The highest BCUT2D eigenvalue weighted by Crippen LogP contribution is 2.07. The maximum Gasteiger partial charge on any atom is 0.00355 e. The molecule has 0 saturated heterocycles. The van der Waals surface area contributed by atoms with Crippen molar-refractivity contribution >= 4 is 0 Å². The summed E-state index contributed by atoms with van der Waals surface area (Å²) in [6.45, 7) is 8.07. The summed E-state index contributed by atoms with van der Waals surface area (Å²) >= 11 is 0. The Kier molecular flexibility index (Phi) is 9.49. The first-order chi connectivity index (χ1) is 6.68. The first-order valence-electron chi connectivity index (χ1n) is 6.38. The van der Waals surface area contributed by atoms with E-state index in [2.05, 4.69) is 32.7 Å². The van der Waals surface area contributed by atoms with Crippen LogP contribution in [0.1, 0.15) is 65.7 Å². The summed E-state index contributed by atoms with van der Waals surface area (Å²) < 4.78 is 0. The highest BCUT2D eigenvalue weighted by atomic mass is 15.1. The zero-order chi connectivity index (χ0) is 10.8. The van der Waals surface area contributed by atoms with Gasteiger partial charge in [-0.15, -0.1) is 0 Å². The first kappa shape index (κ1) is 14.0. The Bertz CT molecular complexity index is 110. The minimum absolute atomic E-state index is 0.704. The molecule has 0 aromatic rings. The smallest absolute Gasteiger partial charge is 0.00355 e. The van der Waals surface area contributed by atoms with Gasteiger partial charge >= 0.3 is 0 Å². The van der Waals surface area contributed by atoms with E-state index in [1.165, 1.54) is 51.5 Å². The standard InChI is InChI=1S/C13H29N/c1-5-6-7-8-9-10-11-12-14(4)13(2)3/h13H,5-12H2,1-4H3. The van der Waals surface area contributed by atoms with Gasteiger partial charge in [-0.05, 0) is 33.9 Å². The molecule has 0 aliphatic rings. The van der Waals surface area contributed by atoms with E-state index in [-0.39, 0.29) is 0 Å². The molecule has 0 radical (unpaired) electrons. The molecule has 0 aliphatic carbocycles. The highest BCUT2D eigenvalue weighted by Gasteiger charge is 2.01. The Morgan fingerprint density at radius 3 is 1.86 bits per heavy atom. The second-order valence-corrected chi connectivity index (χ2v) is 4.70. The molecule has 0 aromatic carbocycles. The molecule has 0 aromatic heterocycles. The third-order valence-electron chi connectivity index (χ3n) is 3.00. The summed E-state index contributed by atoms with van der Waals surface area (Å²) in [5.41, 5.74) is 0. The van der Waals surface area contributed by atoms with E-state index < -0.39 is 0 Å². The predicted octanol–water partition coefficient (Wildman–Crippen LogP) is 4.08. The van der Waals surface area contributed by atoms with E-state index in [1.54, 1.807) is 0 Å². The summed E-state index contributed by atoms with van der Waals surface area (Å²) in [5.74, 6) is 0. The van der Waals surface area contributed by atoms with Gasteiger partial charge < -0.3 is 4.90 Å². The van der Waals surface area contributed by atoms with Crippen molar-refractivity contribution in [1.82, 2.24) is 4.90 Å². The van der Waals surface area contributed by atoms with Crippen LogP contribution in [0.25, 0.3) is 0 Å². The van der Waals surface area contributed by atoms with Crippen molar-refractivity contribution in [3.63, 3.8) is 0 Å². The van der Waals surface area contributed by atoms with E-state index in [1.807, 2.05) is 0 Å². The molecule has 1 nitrogen and oxygen atoms in total. The third kappa shape index (κ3) is 8.55. The van der Waals surface area contributed by atoms with Crippen LogP contribution in [0.15, 0.2) is 0 Å². The van der Waals surface area contributed by atoms with Gasteiger partial charge in [-0.2, -0.15) is 0 Å². The SMILES string of the molecule is CCCCCCCCCN(C)C(C)C. The molecule has 0 N–H and O–H groups in total. The molecule has 0 saturated carbocycles. The molecular formula is C13H29N. The first-order valence-corrected chi connectivity index (χ1v) is 6.38. The third-order valence-corrected chi connectivity index (χ3v) is 3.00. The summed E-state index contributed by atoms with van der Waals surface area (Å²) in [6, 6.07) is 0.704. The highest BCUT2D eigenvalue weighted by molar-refractivity contribution is 4.56. The quantitative estimate of drug-likeness (QED) is 0.506. The second-order valence-electron chi connectivity index (χ2n) is 4.70. The topological polar surface area (TPSA) is 3.24 Å². The van der Waals surface area contributed by atoms with Gasteiger partial charge in [0.15, 0.2) is 0 Å². The lowest BCUT2D eigenvalue weighted by Crippen LogP contribution is -2.27. The van der Waals surface area contributed by atoms with Crippen molar-refractivity contribution in [1.29, 1.82) is 0 Å². The summed E-state index contributed by atoms with van der Waals surface area (Å²) in [7, 11) is 2.22. The average molecular weight is 199 g/mol. The van der Waals surface area contributed by atoms with Gasteiger partial charge in [0.1, 0.15) is 0 Å². The molecule has 0 heterocycles. The van der Waals surface area contributed by atoms with Gasteiger partial charge in [0.2, 0.25) is 0 Å². The van der Waals surface area contributed by atoms with Crippen molar-refractivity contribution in [3.05, 3.63) is 0 Å². The fraction of sp³-hybridized carbons (Fsp3) is 1.00. The van der Waals surface area contributed by atoms with E-state index in [9.17, 15) is 0 Å². The van der Waals surface area contributed by atoms with Crippen LogP contribution in [-0.4, -0.2) is 24.5 Å². The Morgan fingerprint density at radius 2 is 1.36 bits per heavy atom. The number of hydrogen-bond acceptors (Lipinski definition) is 1. The van der Waals surface area contributed by atoms with E-state index in [0.717, 1.165) is 0 Å². The van der Waals surface area contributed by atoms with E-state index >= 15 is 0 Å².